The van der Waals surface area contributed by atoms with Crippen LogP contribution >= 0.6 is 0 Å². The molecule has 0 unspecified atom stereocenters. The van der Waals surface area contributed by atoms with E-state index < -0.39 is 0 Å². The lowest BCUT2D eigenvalue weighted by Gasteiger charge is -2.10. The van der Waals surface area contributed by atoms with Gasteiger partial charge in [0, 0.05) is 24.5 Å². The second-order valence-electron chi connectivity index (χ2n) is 5.98. The molecule has 2 heterocycles. The molecule has 5 nitrogen and oxygen atoms in total. The molecule has 0 aliphatic heterocycles. The van der Waals surface area contributed by atoms with Crippen LogP contribution in [-0.2, 0) is 6.54 Å². The van der Waals surface area contributed by atoms with E-state index in [9.17, 15) is 4.39 Å². The van der Waals surface area contributed by atoms with Crippen molar-refractivity contribution in [2.24, 2.45) is 5.73 Å². The molecule has 0 radical (unpaired) electrons. The van der Waals surface area contributed by atoms with Crippen LogP contribution < -0.4 is 5.73 Å². The van der Waals surface area contributed by atoms with Gasteiger partial charge >= 0.3 is 0 Å². The van der Waals surface area contributed by atoms with E-state index in [1.807, 2.05) is 35.8 Å². The molecule has 0 fully saturated rings. The molecule has 126 valence electrons. The highest BCUT2D eigenvalue weighted by molar-refractivity contribution is 5.92. The summed E-state index contributed by atoms with van der Waals surface area (Å²) < 4.78 is 21.0. The van der Waals surface area contributed by atoms with Crippen LogP contribution in [0.1, 0.15) is 17.0 Å². The predicted molar refractivity (Wildman–Crippen MR) is 93.9 cm³/mol. The van der Waals surface area contributed by atoms with E-state index in [1.165, 1.54) is 12.1 Å². The van der Waals surface area contributed by atoms with Crippen molar-refractivity contribution in [3.63, 3.8) is 0 Å². The van der Waals surface area contributed by atoms with Gasteiger partial charge in [-0.3, -0.25) is 0 Å². The van der Waals surface area contributed by atoms with Gasteiger partial charge in [-0.05, 0) is 48.4 Å². The Kier molecular flexibility index (Phi) is 3.62. The molecule has 0 saturated heterocycles. The van der Waals surface area contributed by atoms with Crippen molar-refractivity contribution >= 4 is 10.9 Å². The van der Waals surface area contributed by atoms with Gasteiger partial charge in [-0.2, -0.15) is 4.98 Å². The third kappa shape index (κ3) is 2.51. The minimum atomic E-state index is -0.276. The SMILES string of the molecule is Cc1nc(-c2c(C)c3cc(F)ccc3n2-c2ccc(CN)cc2)no1. The average Bonchev–Trinajstić information content (AvgIpc) is 3.16. The Labute approximate surface area is 143 Å². The van der Waals surface area contributed by atoms with Crippen LogP contribution in [0, 0.1) is 19.7 Å². The Morgan fingerprint density at radius 1 is 1.12 bits per heavy atom. The molecule has 25 heavy (non-hydrogen) atoms. The average molecular weight is 336 g/mol. The smallest absolute Gasteiger partial charge is 0.223 e. The first-order chi connectivity index (χ1) is 12.1. The molecule has 0 bridgehead atoms. The van der Waals surface area contributed by atoms with E-state index in [1.54, 1.807) is 13.0 Å². The van der Waals surface area contributed by atoms with Crippen LogP contribution in [0.2, 0.25) is 0 Å². The van der Waals surface area contributed by atoms with Crippen LogP contribution in [0.4, 0.5) is 4.39 Å². The van der Waals surface area contributed by atoms with Gasteiger partial charge in [0.05, 0.1) is 11.2 Å². The van der Waals surface area contributed by atoms with Crippen LogP contribution in [0.25, 0.3) is 28.1 Å². The lowest BCUT2D eigenvalue weighted by Crippen LogP contribution is -2.00. The largest absolute Gasteiger partial charge is 0.339 e. The van der Waals surface area contributed by atoms with Gasteiger partial charge in [-0.15, -0.1) is 0 Å². The molecular weight excluding hydrogens is 319 g/mol. The fourth-order valence-corrected chi connectivity index (χ4v) is 3.13. The maximum atomic E-state index is 13.8. The van der Waals surface area contributed by atoms with Crippen LogP contribution in [0.15, 0.2) is 47.0 Å². The summed E-state index contributed by atoms with van der Waals surface area (Å²) in [6.07, 6.45) is 0. The highest BCUT2D eigenvalue weighted by atomic mass is 19.1. The third-order valence-electron chi connectivity index (χ3n) is 4.35. The van der Waals surface area contributed by atoms with Gasteiger partial charge in [0.15, 0.2) is 0 Å². The first kappa shape index (κ1) is 15.5. The van der Waals surface area contributed by atoms with Gasteiger partial charge in [0.1, 0.15) is 5.82 Å². The summed E-state index contributed by atoms with van der Waals surface area (Å²) in [5.74, 6) is 0.687. The fraction of sp³-hybridized carbons (Fsp3) is 0.158. The fourth-order valence-electron chi connectivity index (χ4n) is 3.13. The minimum absolute atomic E-state index is 0.276. The van der Waals surface area contributed by atoms with E-state index in [2.05, 4.69) is 10.1 Å². The Bertz CT molecular complexity index is 1060. The molecule has 0 saturated carbocycles. The monoisotopic (exact) mass is 336 g/mol. The van der Waals surface area contributed by atoms with Crippen molar-refractivity contribution in [2.75, 3.05) is 0 Å². The Hall–Kier alpha value is -2.99. The van der Waals surface area contributed by atoms with Gasteiger partial charge in [0.25, 0.3) is 0 Å². The van der Waals surface area contributed by atoms with Gasteiger partial charge in [-0.25, -0.2) is 4.39 Å². The number of rotatable bonds is 3. The number of halogens is 1. The van der Waals surface area contributed by atoms with Crippen molar-refractivity contribution in [3.05, 3.63) is 65.3 Å². The van der Waals surface area contributed by atoms with Crippen molar-refractivity contribution in [1.29, 1.82) is 0 Å². The predicted octanol–water partition coefficient (Wildman–Crippen LogP) is 3.90. The number of fused-ring (bicyclic) bond motifs is 1. The molecule has 0 atom stereocenters. The quantitative estimate of drug-likeness (QED) is 0.616. The van der Waals surface area contributed by atoms with E-state index >= 15 is 0 Å². The summed E-state index contributed by atoms with van der Waals surface area (Å²) in [7, 11) is 0. The summed E-state index contributed by atoms with van der Waals surface area (Å²) in [6.45, 7) is 4.16. The molecule has 0 spiro atoms. The summed E-state index contributed by atoms with van der Waals surface area (Å²) in [6, 6.07) is 12.7. The molecule has 4 rings (SSSR count). The minimum Gasteiger partial charge on any atom is -0.339 e. The number of hydrogen-bond acceptors (Lipinski definition) is 4. The lowest BCUT2D eigenvalue weighted by atomic mass is 10.1. The van der Waals surface area contributed by atoms with Crippen molar-refractivity contribution in [1.82, 2.24) is 14.7 Å². The van der Waals surface area contributed by atoms with Crippen LogP contribution in [0.3, 0.4) is 0 Å². The molecule has 0 aliphatic rings. The van der Waals surface area contributed by atoms with E-state index in [0.717, 1.165) is 33.4 Å². The van der Waals surface area contributed by atoms with Crippen molar-refractivity contribution in [3.8, 4) is 17.2 Å². The zero-order chi connectivity index (χ0) is 17.6. The molecule has 4 aromatic rings. The first-order valence-electron chi connectivity index (χ1n) is 7.99. The Balaban J connectivity index is 2.06. The second kappa shape index (κ2) is 5.82. The molecular formula is C19H17FN4O. The summed E-state index contributed by atoms with van der Waals surface area (Å²) in [5.41, 5.74) is 10.2. The lowest BCUT2D eigenvalue weighted by molar-refractivity contribution is 0.394. The molecule has 0 aliphatic carbocycles. The molecule has 2 aromatic heterocycles. The summed E-state index contributed by atoms with van der Waals surface area (Å²) in [5, 5.41) is 4.88. The topological polar surface area (TPSA) is 69.9 Å². The maximum Gasteiger partial charge on any atom is 0.223 e. The van der Waals surface area contributed by atoms with E-state index in [4.69, 9.17) is 10.3 Å². The standard InChI is InChI=1S/C19H17FN4O/c1-11-16-9-14(20)5-8-17(16)24(15-6-3-13(10-21)4-7-15)18(11)19-22-12(2)25-23-19/h3-9H,10,21H2,1-2H3. The zero-order valence-electron chi connectivity index (χ0n) is 14.0. The first-order valence-corrected chi connectivity index (χ1v) is 7.99. The van der Waals surface area contributed by atoms with Gasteiger partial charge in [-0.1, -0.05) is 17.3 Å². The number of aryl methyl sites for hydroxylation is 2. The van der Waals surface area contributed by atoms with Crippen molar-refractivity contribution < 1.29 is 8.91 Å². The molecule has 2 N–H and O–H groups in total. The molecule has 2 aromatic carbocycles. The Morgan fingerprint density at radius 3 is 2.52 bits per heavy atom. The number of nitrogens with zero attached hydrogens (tertiary/aromatic N) is 3. The zero-order valence-corrected chi connectivity index (χ0v) is 14.0. The van der Waals surface area contributed by atoms with Crippen LogP contribution in [0.5, 0.6) is 0 Å². The Morgan fingerprint density at radius 2 is 1.88 bits per heavy atom. The van der Waals surface area contributed by atoms with Gasteiger partial charge < -0.3 is 14.8 Å². The molecule has 6 heteroatoms. The highest BCUT2D eigenvalue weighted by Crippen LogP contribution is 2.35. The number of nitrogens with two attached hydrogens (primary N) is 1. The van der Waals surface area contributed by atoms with E-state index in [-0.39, 0.29) is 5.82 Å². The normalized spacial score (nSPS) is 11.4. The number of aromatic nitrogens is 3. The summed E-state index contributed by atoms with van der Waals surface area (Å²) >= 11 is 0. The van der Waals surface area contributed by atoms with Crippen LogP contribution in [-0.4, -0.2) is 14.7 Å². The number of hydrogen-bond donors (Lipinski definition) is 1. The maximum absolute atomic E-state index is 13.8. The second-order valence-corrected chi connectivity index (χ2v) is 5.98. The summed E-state index contributed by atoms with van der Waals surface area (Å²) in [4.78, 5) is 4.37. The third-order valence-corrected chi connectivity index (χ3v) is 4.35. The van der Waals surface area contributed by atoms with E-state index in [0.29, 0.717) is 18.3 Å². The number of benzene rings is 2. The highest BCUT2D eigenvalue weighted by Gasteiger charge is 2.21. The van der Waals surface area contributed by atoms with Gasteiger partial charge in [0.2, 0.25) is 11.7 Å². The molecule has 0 amide bonds. The van der Waals surface area contributed by atoms with Crippen molar-refractivity contribution in [2.45, 2.75) is 20.4 Å².